The lowest BCUT2D eigenvalue weighted by Gasteiger charge is -2.50. The maximum Gasteiger partial charge on any atom is 0.115 e. The summed E-state index contributed by atoms with van der Waals surface area (Å²) in [6.07, 6.45) is 17.6. The van der Waals surface area contributed by atoms with Gasteiger partial charge in [-0.25, -0.2) is 0 Å². The summed E-state index contributed by atoms with van der Waals surface area (Å²) in [7, 11) is 0. The maximum absolute atomic E-state index is 11.7. The van der Waals surface area contributed by atoms with Gasteiger partial charge in [0.2, 0.25) is 0 Å². The first-order chi connectivity index (χ1) is 19.5. The molecule has 2 aromatic rings. The second kappa shape index (κ2) is 13.4. The van der Waals surface area contributed by atoms with E-state index in [4.69, 9.17) is 0 Å². The van der Waals surface area contributed by atoms with E-state index in [1.807, 2.05) is 30.5 Å². The highest BCUT2D eigenvalue weighted by atomic mass is 16.3. The number of nitrogens with zero attached hydrogens (tertiary/aromatic N) is 1. The van der Waals surface area contributed by atoms with Gasteiger partial charge in [-0.1, -0.05) is 64.0 Å². The zero-order valence-corrected chi connectivity index (χ0v) is 24.7. The average molecular weight is 549 g/mol. The smallest absolute Gasteiger partial charge is 0.115 e. The summed E-state index contributed by atoms with van der Waals surface area (Å²) in [5.74, 6) is 1.94. The topological polar surface area (TPSA) is 85.6 Å². The zero-order valence-electron chi connectivity index (χ0n) is 24.7. The molecule has 2 saturated carbocycles. The highest BCUT2D eigenvalue weighted by Gasteiger charge is 2.63. The van der Waals surface area contributed by atoms with E-state index in [9.17, 15) is 15.3 Å². The van der Waals surface area contributed by atoms with E-state index < -0.39 is 6.10 Å². The van der Waals surface area contributed by atoms with Crippen molar-refractivity contribution in [1.29, 1.82) is 0 Å². The van der Waals surface area contributed by atoms with Crippen LogP contribution in [0.4, 0.5) is 0 Å². The van der Waals surface area contributed by atoms with Crippen LogP contribution in [0.3, 0.4) is 0 Å². The van der Waals surface area contributed by atoms with Crippen LogP contribution < -0.4 is 5.32 Å². The summed E-state index contributed by atoms with van der Waals surface area (Å²) in [5, 5.41) is 35.9. The monoisotopic (exact) mass is 548 g/mol. The molecule has 6 atom stereocenters. The maximum atomic E-state index is 11.7. The second-order valence-electron chi connectivity index (χ2n) is 13.5. The lowest BCUT2D eigenvalue weighted by Crippen LogP contribution is -2.46. The largest absolute Gasteiger partial charge is 0.508 e. The van der Waals surface area contributed by atoms with E-state index in [0.29, 0.717) is 23.5 Å². The number of unbranched alkanes of at least 4 members (excludes halogenated alkanes) is 7. The van der Waals surface area contributed by atoms with Crippen LogP contribution in [0.1, 0.15) is 113 Å². The van der Waals surface area contributed by atoms with Crippen LogP contribution in [-0.2, 0) is 13.0 Å². The first-order valence-corrected chi connectivity index (χ1v) is 16.2. The van der Waals surface area contributed by atoms with Gasteiger partial charge in [-0.3, -0.25) is 4.98 Å². The molecule has 0 spiro atoms. The van der Waals surface area contributed by atoms with Gasteiger partial charge in [0.15, 0.2) is 0 Å². The van der Waals surface area contributed by atoms with Crippen molar-refractivity contribution >= 4 is 0 Å². The molecule has 220 valence electrons. The number of aromatic nitrogens is 1. The van der Waals surface area contributed by atoms with Crippen LogP contribution in [0.2, 0.25) is 0 Å². The number of phenolic OH excluding ortho intramolecular Hbond substituents is 1. The summed E-state index contributed by atoms with van der Waals surface area (Å²) in [4.78, 5) is 4.35. The minimum absolute atomic E-state index is 0.0925. The SMILES string of the molecule is C[C@]12CC[C@@H]3c4ccc(O)cc4CC[C@H]3[C@@H]1C[C@@](CO)(CCCCCCCCCCNCc1ccccn1)[C@@H]2O. The van der Waals surface area contributed by atoms with Gasteiger partial charge in [-0.15, -0.1) is 0 Å². The Kier molecular flexibility index (Phi) is 9.86. The highest BCUT2D eigenvalue weighted by molar-refractivity contribution is 5.40. The summed E-state index contributed by atoms with van der Waals surface area (Å²) in [5.41, 5.74) is 3.41. The Morgan fingerprint density at radius 1 is 0.975 bits per heavy atom. The van der Waals surface area contributed by atoms with Gasteiger partial charge >= 0.3 is 0 Å². The molecular formula is C35H52N2O3. The summed E-state index contributed by atoms with van der Waals surface area (Å²) in [6, 6.07) is 12.0. The number of aliphatic hydroxyl groups excluding tert-OH is 2. The molecule has 1 heterocycles. The fourth-order valence-electron chi connectivity index (χ4n) is 8.87. The van der Waals surface area contributed by atoms with Crippen molar-refractivity contribution < 1.29 is 15.3 Å². The Hall–Kier alpha value is -1.95. The van der Waals surface area contributed by atoms with E-state index in [1.54, 1.807) is 0 Å². The second-order valence-corrected chi connectivity index (χ2v) is 13.5. The molecule has 0 amide bonds. The fraction of sp³-hybridized carbons (Fsp3) is 0.686. The molecule has 0 saturated heterocycles. The average Bonchev–Trinajstić information content (AvgIpc) is 3.20. The molecule has 5 nitrogen and oxygen atoms in total. The van der Waals surface area contributed by atoms with E-state index in [2.05, 4.69) is 29.4 Å². The Bertz CT molecular complexity index is 1080. The van der Waals surface area contributed by atoms with Crippen molar-refractivity contribution in [2.45, 2.75) is 115 Å². The van der Waals surface area contributed by atoms with E-state index >= 15 is 0 Å². The molecule has 0 unspecified atom stereocenters. The molecule has 5 heteroatoms. The standard InChI is InChI=1S/C35H52N2O3/c1-34-19-17-30-29-16-14-28(39)22-26(29)13-15-31(30)32(34)23-35(25-38,33(34)40)18-9-6-4-2-3-5-7-10-20-36-24-27-12-8-11-21-37-27/h8,11-12,14,16,21-22,30-33,36,38-40H,2-7,9-10,13,15,17-20,23-25H2,1H3/t30-,31-,32+,33-,34+,35-/m1/s1. The zero-order chi connectivity index (χ0) is 28.0. The van der Waals surface area contributed by atoms with Gasteiger partial charge in [0.25, 0.3) is 0 Å². The number of hydrogen-bond donors (Lipinski definition) is 4. The molecule has 3 aliphatic carbocycles. The number of phenols is 1. The lowest BCUT2D eigenvalue weighted by molar-refractivity contribution is -0.0715. The Morgan fingerprint density at radius 2 is 1.75 bits per heavy atom. The van der Waals surface area contributed by atoms with Crippen LogP contribution in [0.15, 0.2) is 42.6 Å². The molecule has 3 aliphatic rings. The number of aryl methyl sites for hydroxylation is 1. The van der Waals surface area contributed by atoms with E-state index in [0.717, 1.165) is 63.7 Å². The Balaban J connectivity index is 1.02. The Labute approximate surface area is 241 Å². The molecule has 0 bridgehead atoms. The predicted molar refractivity (Wildman–Crippen MR) is 161 cm³/mol. The van der Waals surface area contributed by atoms with Crippen molar-refractivity contribution in [2.24, 2.45) is 22.7 Å². The molecule has 1 aromatic carbocycles. The number of nitrogens with one attached hydrogen (secondary N) is 1. The lowest BCUT2D eigenvalue weighted by atomic mass is 9.55. The first-order valence-electron chi connectivity index (χ1n) is 16.2. The molecule has 40 heavy (non-hydrogen) atoms. The van der Waals surface area contributed by atoms with Crippen LogP contribution in [0.25, 0.3) is 0 Å². The molecule has 0 aliphatic heterocycles. The van der Waals surface area contributed by atoms with E-state index in [-0.39, 0.29) is 17.4 Å². The number of aromatic hydroxyl groups is 1. The highest BCUT2D eigenvalue weighted by Crippen LogP contribution is 2.66. The predicted octanol–water partition coefficient (Wildman–Crippen LogP) is 6.89. The molecule has 1 aromatic heterocycles. The third-order valence-corrected chi connectivity index (χ3v) is 11.1. The molecular weight excluding hydrogens is 496 g/mol. The van der Waals surface area contributed by atoms with Crippen LogP contribution in [-0.4, -0.2) is 39.6 Å². The van der Waals surface area contributed by atoms with Crippen molar-refractivity contribution in [3.63, 3.8) is 0 Å². The van der Waals surface area contributed by atoms with Gasteiger partial charge in [0.05, 0.1) is 18.4 Å². The first kappa shape index (κ1) is 29.5. The fourth-order valence-corrected chi connectivity index (χ4v) is 8.87. The van der Waals surface area contributed by atoms with Crippen molar-refractivity contribution in [2.75, 3.05) is 13.2 Å². The normalized spacial score (nSPS) is 31.0. The minimum atomic E-state index is -0.413. The van der Waals surface area contributed by atoms with Gasteiger partial charge in [0.1, 0.15) is 5.75 Å². The molecule has 4 N–H and O–H groups in total. The number of benzene rings is 1. The minimum Gasteiger partial charge on any atom is -0.508 e. The number of rotatable bonds is 14. The van der Waals surface area contributed by atoms with Crippen LogP contribution in [0, 0.1) is 22.7 Å². The van der Waals surface area contributed by atoms with Gasteiger partial charge in [0, 0.05) is 18.2 Å². The Morgan fingerprint density at radius 3 is 2.50 bits per heavy atom. The van der Waals surface area contributed by atoms with Crippen molar-refractivity contribution in [3.8, 4) is 5.75 Å². The number of aliphatic hydroxyl groups is 2. The van der Waals surface area contributed by atoms with Crippen LogP contribution in [0.5, 0.6) is 5.75 Å². The summed E-state index contributed by atoms with van der Waals surface area (Å²) >= 11 is 0. The summed E-state index contributed by atoms with van der Waals surface area (Å²) < 4.78 is 0. The van der Waals surface area contributed by atoms with Crippen LogP contribution >= 0.6 is 0 Å². The van der Waals surface area contributed by atoms with E-state index in [1.165, 1.54) is 56.1 Å². The molecule has 0 radical (unpaired) electrons. The van der Waals surface area contributed by atoms with Gasteiger partial charge in [-0.2, -0.15) is 0 Å². The number of hydrogen-bond acceptors (Lipinski definition) is 5. The third kappa shape index (κ3) is 6.27. The van der Waals surface area contributed by atoms with Crippen molar-refractivity contribution in [3.05, 3.63) is 59.4 Å². The van der Waals surface area contributed by atoms with Crippen molar-refractivity contribution in [1.82, 2.24) is 10.3 Å². The molecule has 2 fully saturated rings. The van der Waals surface area contributed by atoms with Gasteiger partial charge in [-0.05, 0) is 110 Å². The number of fused-ring (bicyclic) bond motifs is 5. The summed E-state index contributed by atoms with van der Waals surface area (Å²) in [6.45, 7) is 4.33. The van der Waals surface area contributed by atoms with Gasteiger partial charge < -0.3 is 20.6 Å². The quantitative estimate of drug-likeness (QED) is 0.193. The number of pyridine rings is 1. The molecule has 5 rings (SSSR count). The third-order valence-electron chi connectivity index (χ3n) is 11.1.